The summed E-state index contributed by atoms with van der Waals surface area (Å²) >= 11 is 5.18. The van der Waals surface area contributed by atoms with Crippen molar-refractivity contribution in [3.63, 3.8) is 0 Å². The van der Waals surface area contributed by atoms with Crippen molar-refractivity contribution in [1.82, 2.24) is 15.6 Å². The molecule has 8 heteroatoms. The maximum Gasteiger partial charge on any atom is 0.187 e. The third-order valence-electron chi connectivity index (χ3n) is 3.66. The van der Waals surface area contributed by atoms with Crippen molar-refractivity contribution in [3.8, 4) is 11.5 Å². The monoisotopic (exact) mass is 366 g/mol. The van der Waals surface area contributed by atoms with Gasteiger partial charge in [-0.15, -0.1) is 0 Å². The van der Waals surface area contributed by atoms with E-state index < -0.39 is 0 Å². The normalized spacial score (nSPS) is 15.2. The van der Waals surface area contributed by atoms with E-state index in [1.54, 1.807) is 18.2 Å². The minimum atomic E-state index is 0.116. The molecule has 0 aromatic heterocycles. The van der Waals surface area contributed by atoms with Gasteiger partial charge < -0.3 is 19.9 Å². The zero-order chi connectivity index (χ0) is 17.9. The molecule has 3 N–H and O–H groups in total. The predicted molar refractivity (Wildman–Crippen MR) is 102 cm³/mol. The van der Waals surface area contributed by atoms with Crippen LogP contribution in [-0.2, 0) is 4.74 Å². The van der Waals surface area contributed by atoms with Crippen molar-refractivity contribution >= 4 is 23.5 Å². The number of ether oxygens (including phenoxy) is 2. The summed E-state index contributed by atoms with van der Waals surface area (Å²) in [6.07, 6.45) is 2.44. The van der Waals surface area contributed by atoms with E-state index in [9.17, 15) is 5.11 Å². The average Bonchev–Trinajstić information content (AvgIpc) is 2.62. The molecule has 0 bridgehead atoms. The number of hydrogen-bond donors (Lipinski definition) is 3. The molecule has 1 aliphatic rings. The van der Waals surface area contributed by atoms with Gasteiger partial charge in [0.25, 0.3) is 0 Å². The first-order valence-electron chi connectivity index (χ1n) is 8.52. The Bertz CT molecular complexity index is 577. The second kappa shape index (κ2) is 10.9. The molecule has 7 nitrogen and oxygen atoms in total. The van der Waals surface area contributed by atoms with Crippen LogP contribution in [0.4, 0.5) is 0 Å². The number of hydrazone groups is 1. The standard InChI is InChI=1S/C17H26N4O3S/c1-2-9-24-15-4-3-14(16(22)12-15)13-19-20-17(25)18-5-6-21-7-10-23-11-8-21/h3-4,12-13,22H,2,5-11H2,1H3,(H2,18,20,25)/b19-13+. The molecule has 138 valence electrons. The van der Waals surface area contributed by atoms with Gasteiger partial charge in [-0.25, -0.2) is 0 Å². The smallest absolute Gasteiger partial charge is 0.187 e. The van der Waals surface area contributed by atoms with Gasteiger partial charge in [0.1, 0.15) is 11.5 Å². The first kappa shape index (κ1) is 19.4. The molecule has 0 unspecified atom stereocenters. The van der Waals surface area contributed by atoms with E-state index in [1.165, 1.54) is 6.21 Å². The fraction of sp³-hybridized carbons (Fsp3) is 0.529. The second-order valence-corrected chi connectivity index (χ2v) is 6.06. The van der Waals surface area contributed by atoms with Crippen molar-refractivity contribution in [2.24, 2.45) is 5.10 Å². The number of rotatable bonds is 8. The van der Waals surface area contributed by atoms with Crippen molar-refractivity contribution < 1.29 is 14.6 Å². The van der Waals surface area contributed by atoms with Crippen LogP contribution in [-0.4, -0.2) is 67.3 Å². The summed E-state index contributed by atoms with van der Waals surface area (Å²) in [5.41, 5.74) is 3.34. The Morgan fingerprint density at radius 1 is 1.44 bits per heavy atom. The summed E-state index contributed by atoms with van der Waals surface area (Å²) in [6, 6.07) is 5.13. The number of morpholine rings is 1. The third kappa shape index (κ3) is 7.25. The highest BCUT2D eigenvalue weighted by Gasteiger charge is 2.09. The van der Waals surface area contributed by atoms with Crippen molar-refractivity contribution in [2.75, 3.05) is 46.0 Å². The minimum Gasteiger partial charge on any atom is -0.507 e. The van der Waals surface area contributed by atoms with E-state index in [0.29, 0.717) is 23.0 Å². The molecule has 0 radical (unpaired) electrons. The average molecular weight is 366 g/mol. The lowest BCUT2D eigenvalue weighted by atomic mass is 10.2. The van der Waals surface area contributed by atoms with Crippen molar-refractivity contribution in [1.29, 1.82) is 0 Å². The molecular formula is C17H26N4O3S. The molecular weight excluding hydrogens is 340 g/mol. The van der Waals surface area contributed by atoms with Gasteiger partial charge in [0.15, 0.2) is 5.11 Å². The fourth-order valence-corrected chi connectivity index (χ4v) is 2.45. The Kier molecular flexibility index (Phi) is 8.44. The lowest BCUT2D eigenvalue weighted by Crippen LogP contribution is -2.42. The number of aromatic hydroxyl groups is 1. The lowest BCUT2D eigenvalue weighted by Gasteiger charge is -2.26. The van der Waals surface area contributed by atoms with Crippen LogP contribution in [0, 0.1) is 0 Å². The van der Waals surface area contributed by atoms with Gasteiger partial charge in [-0.3, -0.25) is 10.3 Å². The summed E-state index contributed by atoms with van der Waals surface area (Å²) in [5.74, 6) is 0.759. The first-order chi connectivity index (χ1) is 12.2. The Morgan fingerprint density at radius 3 is 2.96 bits per heavy atom. The molecule has 2 rings (SSSR count). The van der Waals surface area contributed by atoms with Gasteiger partial charge in [-0.1, -0.05) is 6.92 Å². The zero-order valence-electron chi connectivity index (χ0n) is 14.5. The van der Waals surface area contributed by atoms with E-state index in [1.807, 2.05) is 6.92 Å². The molecule has 1 aromatic carbocycles. The molecule has 1 saturated heterocycles. The van der Waals surface area contributed by atoms with Crippen molar-refractivity contribution in [2.45, 2.75) is 13.3 Å². The summed E-state index contributed by atoms with van der Waals surface area (Å²) in [4.78, 5) is 2.32. The molecule has 1 aliphatic heterocycles. The summed E-state index contributed by atoms with van der Waals surface area (Å²) < 4.78 is 10.8. The van der Waals surface area contributed by atoms with E-state index >= 15 is 0 Å². The number of phenolic OH excluding ortho intramolecular Hbond substituents is 1. The van der Waals surface area contributed by atoms with Crippen LogP contribution in [0.15, 0.2) is 23.3 Å². The van der Waals surface area contributed by atoms with Gasteiger partial charge >= 0.3 is 0 Å². The highest BCUT2D eigenvalue weighted by molar-refractivity contribution is 7.80. The molecule has 0 amide bonds. The van der Waals surface area contributed by atoms with Crippen LogP contribution in [0.5, 0.6) is 11.5 Å². The van der Waals surface area contributed by atoms with Gasteiger partial charge in [0, 0.05) is 37.8 Å². The minimum absolute atomic E-state index is 0.116. The highest BCUT2D eigenvalue weighted by atomic mass is 32.1. The van der Waals surface area contributed by atoms with E-state index in [0.717, 1.165) is 45.8 Å². The molecule has 1 aromatic rings. The maximum atomic E-state index is 9.98. The Hall–Kier alpha value is -1.90. The molecule has 1 fully saturated rings. The van der Waals surface area contributed by atoms with Crippen LogP contribution in [0.2, 0.25) is 0 Å². The summed E-state index contributed by atoms with van der Waals surface area (Å²) in [7, 11) is 0. The molecule has 0 atom stereocenters. The lowest BCUT2D eigenvalue weighted by molar-refractivity contribution is 0.0389. The molecule has 0 aliphatic carbocycles. The van der Waals surface area contributed by atoms with Crippen LogP contribution < -0.4 is 15.5 Å². The van der Waals surface area contributed by atoms with Gasteiger partial charge in [-0.05, 0) is 30.8 Å². The summed E-state index contributed by atoms with van der Waals surface area (Å²) in [5, 5.41) is 17.6. The zero-order valence-corrected chi connectivity index (χ0v) is 15.3. The molecule has 1 heterocycles. The molecule has 0 spiro atoms. The van der Waals surface area contributed by atoms with Crippen LogP contribution in [0.25, 0.3) is 0 Å². The van der Waals surface area contributed by atoms with Gasteiger partial charge in [0.2, 0.25) is 0 Å². The first-order valence-corrected chi connectivity index (χ1v) is 8.92. The Labute approximate surface area is 154 Å². The maximum absolute atomic E-state index is 9.98. The number of nitrogens with one attached hydrogen (secondary N) is 2. The van der Waals surface area contributed by atoms with Gasteiger partial charge in [0.05, 0.1) is 26.0 Å². The third-order valence-corrected chi connectivity index (χ3v) is 3.90. The van der Waals surface area contributed by atoms with Crippen LogP contribution in [0.3, 0.4) is 0 Å². The number of hydrogen-bond acceptors (Lipinski definition) is 6. The topological polar surface area (TPSA) is 78.4 Å². The Morgan fingerprint density at radius 2 is 2.24 bits per heavy atom. The predicted octanol–water partition coefficient (Wildman–Crippen LogP) is 1.31. The fourth-order valence-electron chi connectivity index (χ4n) is 2.29. The highest BCUT2D eigenvalue weighted by Crippen LogP contribution is 2.22. The molecule has 0 saturated carbocycles. The number of thiocarbonyl (C=S) groups is 1. The van der Waals surface area contributed by atoms with E-state index in [-0.39, 0.29) is 5.75 Å². The van der Waals surface area contributed by atoms with Crippen LogP contribution >= 0.6 is 12.2 Å². The SMILES string of the molecule is CCCOc1ccc(/C=N/NC(=S)NCCN2CCOCC2)c(O)c1. The number of phenols is 1. The van der Waals surface area contributed by atoms with Crippen LogP contribution in [0.1, 0.15) is 18.9 Å². The number of nitrogens with zero attached hydrogens (tertiary/aromatic N) is 2. The van der Waals surface area contributed by atoms with Crippen molar-refractivity contribution in [3.05, 3.63) is 23.8 Å². The largest absolute Gasteiger partial charge is 0.507 e. The summed E-state index contributed by atoms with van der Waals surface area (Å²) in [6.45, 7) is 7.81. The van der Waals surface area contributed by atoms with E-state index in [4.69, 9.17) is 21.7 Å². The van der Waals surface area contributed by atoms with E-state index in [2.05, 4.69) is 20.7 Å². The Balaban J connectivity index is 1.69. The number of benzene rings is 1. The quantitative estimate of drug-likeness (QED) is 0.364. The second-order valence-electron chi connectivity index (χ2n) is 5.65. The molecule has 25 heavy (non-hydrogen) atoms. The van der Waals surface area contributed by atoms with Gasteiger partial charge in [-0.2, -0.15) is 5.10 Å².